The molecule has 4 bridgehead atoms. The Labute approximate surface area is 174 Å². The molecule has 1 saturated heterocycles. The van der Waals surface area contributed by atoms with Crippen LogP contribution in [0.1, 0.15) is 77.8 Å². The van der Waals surface area contributed by atoms with Gasteiger partial charge in [-0.2, -0.15) is 4.80 Å². The van der Waals surface area contributed by atoms with Crippen LogP contribution in [0.15, 0.2) is 12.1 Å². The molecule has 4 aliphatic carbocycles. The van der Waals surface area contributed by atoms with Gasteiger partial charge >= 0.3 is 0 Å². The fourth-order valence-corrected chi connectivity index (χ4v) is 7.82. The third-order valence-corrected chi connectivity index (χ3v) is 8.62. The number of aromatic nitrogens is 4. The topological polar surface area (TPSA) is 81.9 Å². The van der Waals surface area contributed by atoms with Gasteiger partial charge in [0.25, 0.3) is 5.91 Å². The number of rotatable bonds is 4. The van der Waals surface area contributed by atoms with Crippen LogP contribution in [0.25, 0.3) is 0 Å². The summed E-state index contributed by atoms with van der Waals surface area (Å²) in [6.07, 6.45) is 8.90. The van der Waals surface area contributed by atoms with Gasteiger partial charge in [-0.1, -0.05) is 0 Å². The van der Waals surface area contributed by atoms with E-state index in [1.54, 1.807) is 11.3 Å². The third kappa shape index (κ3) is 2.94. The number of nitrogens with one attached hydrogen (secondary N) is 1. The van der Waals surface area contributed by atoms with Crippen LogP contribution in [0, 0.1) is 18.8 Å². The summed E-state index contributed by atoms with van der Waals surface area (Å²) >= 11 is 1.59. The quantitative estimate of drug-likeness (QED) is 0.831. The summed E-state index contributed by atoms with van der Waals surface area (Å²) in [7, 11) is 0. The Morgan fingerprint density at radius 3 is 2.79 bits per heavy atom. The number of nitrogens with zero attached hydrogens (tertiary/aromatic N) is 4. The third-order valence-electron chi connectivity index (χ3n) is 7.44. The van der Waals surface area contributed by atoms with Crippen LogP contribution in [0.5, 0.6) is 0 Å². The maximum atomic E-state index is 13.2. The summed E-state index contributed by atoms with van der Waals surface area (Å²) in [5.41, 5.74) is -0.229. The monoisotopic (exact) mass is 413 g/mol. The molecule has 0 aromatic carbocycles. The molecule has 2 aromatic rings. The molecule has 8 heteroatoms. The van der Waals surface area contributed by atoms with Crippen molar-refractivity contribution >= 4 is 17.2 Å². The van der Waals surface area contributed by atoms with E-state index in [9.17, 15) is 4.79 Å². The van der Waals surface area contributed by atoms with Crippen molar-refractivity contribution in [3.05, 3.63) is 27.7 Å². The Balaban J connectivity index is 1.25. The number of amides is 1. The van der Waals surface area contributed by atoms with E-state index in [1.807, 2.05) is 17.8 Å². The Kier molecular flexibility index (Phi) is 3.94. The summed E-state index contributed by atoms with van der Waals surface area (Å²) in [6, 6.07) is 4.04. The number of tetrazole rings is 1. The lowest BCUT2D eigenvalue weighted by Gasteiger charge is -2.61. The fraction of sp³-hybridized carbons (Fsp3) is 0.714. The van der Waals surface area contributed by atoms with Crippen LogP contribution in [0.3, 0.4) is 0 Å². The van der Waals surface area contributed by atoms with Gasteiger partial charge < -0.3 is 10.1 Å². The molecule has 0 radical (unpaired) electrons. The zero-order valence-electron chi connectivity index (χ0n) is 16.8. The molecule has 154 valence electrons. The Morgan fingerprint density at radius 1 is 1.28 bits per heavy atom. The highest BCUT2D eigenvalue weighted by Gasteiger charge is 2.60. The van der Waals surface area contributed by atoms with Crippen molar-refractivity contribution in [2.24, 2.45) is 11.8 Å². The summed E-state index contributed by atoms with van der Waals surface area (Å²) in [4.78, 5) is 17.1. The van der Waals surface area contributed by atoms with Crippen molar-refractivity contribution in [2.45, 2.75) is 75.5 Å². The maximum absolute atomic E-state index is 13.2. The lowest BCUT2D eigenvalue weighted by Crippen LogP contribution is -2.66. The molecule has 1 N–H and O–H groups in total. The largest absolute Gasteiger partial charge is 0.373 e. The average Bonchev–Trinajstić information content (AvgIpc) is 3.41. The van der Waals surface area contributed by atoms with Crippen LogP contribution in [-0.4, -0.2) is 38.3 Å². The molecular formula is C21H27N5O2S. The van der Waals surface area contributed by atoms with Gasteiger partial charge in [0.15, 0.2) is 5.82 Å². The minimum Gasteiger partial charge on any atom is -0.373 e. The minimum atomic E-state index is -0.142. The van der Waals surface area contributed by atoms with Gasteiger partial charge in [0.1, 0.15) is 0 Å². The second-order valence-electron chi connectivity index (χ2n) is 9.75. The van der Waals surface area contributed by atoms with Gasteiger partial charge in [0.05, 0.1) is 16.5 Å². The Morgan fingerprint density at radius 2 is 2.10 bits per heavy atom. The van der Waals surface area contributed by atoms with E-state index in [0.717, 1.165) is 62.3 Å². The molecule has 4 saturated carbocycles. The van der Waals surface area contributed by atoms with Gasteiger partial charge in [-0.25, -0.2) is 0 Å². The van der Waals surface area contributed by atoms with E-state index >= 15 is 0 Å². The molecule has 5 aliphatic rings. The second kappa shape index (κ2) is 6.35. The zero-order valence-corrected chi connectivity index (χ0v) is 17.6. The van der Waals surface area contributed by atoms with Gasteiger partial charge in [-0.05, 0) is 87.5 Å². The lowest BCUT2D eigenvalue weighted by atomic mass is 9.50. The van der Waals surface area contributed by atoms with Gasteiger partial charge in [0.2, 0.25) is 0 Å². The summed E-state index contributed by atoms with van der Waals surface area (Å²) in [6.45, 7) is 2.72. The molecule has 7 nitrogen and oxygen atoms in total. The summed E-state index contributed by atoms with van der Waals surface area (Å²) < 4.78 is 5.79. The predicted molar refractivity (Wildman–Crippen MR) is 108 cm³/mol. The summed E-state index contributed by atoms with van der Waals surface area (Å²) in [5, 5.41) is 16.6. The number of thiophene rings is 1. The number of carbonyl (C=O) groups is 1. The highest BCUT2D eigenvalue weighted by atomic mass is 32.1. The second-order valence-corrected chi connectivity index (χ2v) is 10.9. The van der Waals surface area contributed by atoms with Crippen LogP contribution in [0.2, 0.25) is 0 Å². The van der Waals surface area contributed by atoms with Crippen molar-refractivity contribution < 1.29 is 9.53 Å². The zero-order chi connectivity index (χ0) is 19.6. The van der Waals surface area contributed by atoms with E-state index in [0.29, 0.717) is 11.8 Å². The SMILES string of the molecule is Cc1nnn(C23CC4CC(CC(NC(=O)c5ccc(C6CCCO6)s5)(C4)C2)C3)n1. The molecule has 3 heterocycles. The Bertz CT molecular complexity index is 933. The molecule has 3 atom stereocenters. The first-order chi connectivity index (χ1) is 14.0. The van der Waals surface area contributed by atoms with Crippen LogP contribution < -0.4 is 5.32 Å². The normalized spacial score (nSPS) is 37.9. The van der Waals surface area contributed by atoms with Crippen LogP contribution in [0.4, 0.5) is 0 Å². The molecule has 3 unspecified atom stereocenters. The van der Waals surface area contributed by atoms with Crippen molar-refractivity contribution in [3.63, 3.8) is 0 Å². The van der Waals surface area contributed by atoms with E-state index < -0.39 is 0 Å². The first-order valence-electron chi connectivity index (χ1n) is 10.8. The molecular weight excluding hydrogens is 386 g/mol. The molecule has 1 amide bonds. The maximum Gasteiger partial charge on any atom is 0.261 e. The van der Waals surface area contributed by atoms with Gasteiger partial charge in [-0.15, -0.1) is 21.5 Å². The molecule has 2 aromatic heterocycles. The number of ether oxygens (including phenoxy) is 1. The van der Waals surface area contributed by atoms with E-state index in [-0.39, 0.29) is 23.1 Å². The molecule has 7 rings (SSSR count). The van der Waals surface area contributed by atoms with Crippen molar-refractivity contribution in [2.75, 3.05) is 6.61 Å². The van der Waals surface area contributed by atoms with Gasteiger partial charge in [-0.3, -0.25) is 4.79 Å². The standard InChI is InChI=1S/C21H27N5O2S/c1-13-23-25-26(24-13)21-10-14-7-15(11-21)9-20(8-14,12-21)22-19(27)18-5-4-17(29-18)16-3-2-6-28-16/h4-5,14-16H,2-3,6-12H2,1H3,(H,22,27). The molecule has 0 spiro atoms. The first kappa shape index (κ1) is 18.0. The highest BCUT2D eigenvalue weighted by Crippen LogP contribution is 2.60. The first-order valence-corrected chi connectivity index (χ1v) is 11.7. The number of hydrogen-bond acceptors (Lipinski definition) is 6. The predicted octanol–water partition coefficient (Wildman–Crippen LogP) is 3.37. The van der Waals surface area contributed by atoms with Crippen molar-refractivity contribution in [3.8, 4) is 0 Å². The smallest absolute Gasteiger partial charge is 0.261 e. The van der Waals surface area contributed by atoms with E-state index in [4.69, 9.17) is 4.74 Å². The molecule has 5 fully saturated rings. The van der Waals surface area contributed by atoms with Crippen LogP contribution >= 0.6 is 11.3 Å². The van der Waals surface area contributed by atoms with Crippen molar-refractivity contribution in [1.82, 2.24) is 25.5 Å². The van der Waals surface area contributed by atoms with Gasteiger partial charge in [0, 0.05) is 17.0 Å². The van der Waals surface area contributed by atoms with Crippen molar-refractivity contribution in [1.29, 1.82) is 0 Å². The number of aryl methyl sites for hydroxylation is 1. The number of hydrogen-bond donors (Lipinski definition) is 1. The van der Waals surface area contributed by atoms with Crippen LogP contribution in [-0.2, 0) is 10.3 Å². The minimum absolute atomic E-state index is 0.0686. The number of carbonyl (C=O) groups excluding carboxylic acids is 1. The average molecular weight is 414 g/mol. The fourth-order valence-electron chi connectivity index (χ4n) is 6.83. The highest BCUT2D eigenvalue weighted by molar-refractivity contribution is 7.14. The lowest BCUT2D eigenvalue weighted by molar-refractivity contribution is -0.0810. The molecule has 1 aliphatic heterocycles. The Hall–Kier alpha value is -1.80. The summed E-state index contributed by atoms with van der Waals surface area (Å²) in [5.74, 6) is 2.06. The van der Waals surface area contributed by atoms with E-state index in [2.05, 4.69) is 26.8 Å². The van der Waals surface area contributed by atoms with E-state index in [1.165, 1.54) is 11.3 Å². The molecule has 29 heavy (non-hydrogen) atoms.